The number of alkyl halides is 6. The second kappa shape index (κ2) is 4.57. The SMILES string of the molecule is NCc1ccc(C(O)(C(F)(F)F)C(F)(F)F)cc1N. The molecule has 9 heteroatoms. The number of nitrogen functional groups attached to an aromatic ring is 1. The van der Waals surface area contributed by atoms with E-state index < -0.39 is 23.5 Å². The zero-order valence-electron chi connectivity index (χ0n) is 9.31. The van der Waals surface area contributed by atoms with Gasteiger partial charge in [-0.1, -0.05) is 12.1 Å². The van der Waals surface area contributed by atoms with E-state index in [0.717, 1.165) is 6.07 Å². The van der Waals surface area contributed by atoms with Crippen LogP contribution in [0.4, 0.5) is 32.0 Å². The van der Waals surface area contributed by atoms with Crippen LogP contribution < -0.4 is 11.5 Å². The molecule has 5 N–H and O–H groups in total. The van der Waals surface area contributed by atoms with Crippen LogP contribution in [0.5, 0.6) is 0 Å². The number of anilines is 1. The fourth-order valence-corrected chi connectivity index (χ4v) is 1.49. The van der Waals surface area contributed by atoms with E-state index in [1.54, 1.807) is 0 Å². The van der Waals surface area contributed by atoms with Crippen LogP contribution in [0.25, 0.3) is 0 Å². The van der Waals surface area contributed by atoms with E-state index in [1.165, 1.54) is 0 Å². The van der Waals surface area contributed by atoms with Gasteiger partial charge in [-0.25, -0.2) is 0 Å². The van der Waals surface area contributed by atoms with E-state index in [0.29, 0.717) is 12.1 Å². The lowest BCUT2D eigenvalue weighted by molar-refractivity contribution is -0.376. The van der Waals surface area contributed by atoms with Crippen LogP contribution in [0.3, 0.4) is 0 Å². The van der Waals surface area contributed by atoms with E-state index in [-0.39, 0.29) is 17.8 Å². The fraction of sp³-hybridized carbons (Fsp3) is 0.400. The summed E-state index contributed by atoms with van der Waals surface area (Å²) in [5, 5.41) is 9.11. The first-order valence-corrected chi connectivity index (χ1v) is 4.90. The Labute approximate surface area is 103 Å². The maximum atomic E-state index is 12.6. The van der Waals surface area contributed by atoms with Crippen molar-refractivity contribution >= 4 is 5.69 Å². The van der Waals surface area contributed by atoms with Crippen LogP contribution in [-0.4, -0.2) is 17.5 Å². The van der Waals surface area contributed by atoms with Crippen molar-refractivity contribution in [2.45, 2.75) is 24.5 Å². The smallest absolute Gasteiger partial charge is 0.398 e. The Morgan fingerprint density at radius 2 is 1.47 bits per heavy atom. The quantitative estimate of drug-likeness (QED) is 0.576. The van der Waals surface area contributed by atoms with Crippen molar-refractivity contribution in [2.75, 3.05) is 5.73 Å². The summed E-state index contributed by atoms with van der Waals surface area (Å²) in [6.07, 6.45) is -11.9. The predicted molar refractivity (Wildman–Crippen MR) is 54.8 cm³/mol. The molecule has 0 radical (unpaired) electrons. The summed E-state index contributed by atoms with van der Waals surface area (Å²) in [5.74, 6) is 0. The first-order valence-electron chi connectivity index (χ1n) is 4.90. The first kappa shape index (κ1) is 15.6. The number of halogens is 6. The van der Waals surface area contributed by atoms with Gasteiger partial charge in [0.1, 0.15) is 0 Å². The normalized spacial score (nSPS) is 13.7. The zero-order chi connectivity index (χ0) is 15.1. The topological polar surface area (TPSA) is 72.3 Å². The zero-order valence-corrected chi connectivity index (χ0v) is 9.31. The Morgan fingerprint density at radius 1 is 1.00 bits per heavy atom. The van der Waals surface area contributed by atoms with Crippen LogP contribution in [0, 0.1) is 0 Å². The fourth-order valence-electron chi connectivity index (χ4n) is 1.49. The Morgan fingerprint density at radius 3 is 1.79 bits per heavy atom. The van der Waals surface area contributed by atoms with Gasteiger partial charge < -0.3 is 16.6 Å². The van der Waals surface area contributed by atoms with Gasteiger partial charge in [0.15, 0.2) is 0 Å². The molecule has 0 saturated carbocycles. The summed E-state index contributed by atoms with van der Waals surface area (Å²) >= 11 is 0. The standard InChI is InChI=1S/C10H10F6N2O/c11-9(12,13)8(19,10(14,15)16)6-2-1-5(4-17)7(18)3-6/h1-3,19H,4,17-18H2. The van der Waals surface area contributed by atoms with Crippen molar-refractivity contribution in [1.82, 2.24) is 0 Å². The number of aliphatic hydroxyl groups is 1. The molecule has 3 nitrogen and oxygen atoms in total. The molecule has 0 amide bonds. The van der Waals surface area contributed by atoms with Crippen LogP contribution in [0.2, 0.25) is 0 Å². The van der Waals surface area contributed by atoms with Crippen LogP contribution >= 0.6 is 0 Å². The van der Waals surface area contributed by atoms with Crippen molar-refractivity contribution in [3.05, 3.63) is 29.3 Å². The summed E-state index contributed by atoms with van der Waals surface area (Å²) in [7, 11) is 0. The molecular weight excluding hydrogens is 278 g/mol. The van der Waals surface area contributed by atoms with Gasteiger partial charge in [-0.2, -0.15) is 26.3 Å². The van der Waals surface area contributed by atoms with Crippen LogP contribution in [-0.2, 0) is 12.1 Å². The molecule has 0 fully saturated rings. The van der Waals surface area contributed by atoms with E-state index in [2.05, 4.69) is 0 Å². The van der Waals surface area contributed by atoms with Crippen LogP contribution in [0.15, 0.2) is 18.2 Å². The Hall–Kier alpha value is -1.48. The van der Waals surface area contributed by atoms with E-state index >= 15 is 0 Å². The monoisotopic (exact) mass is 288 g/mol. The maximum Gasteiger partial charge on any atom is 0.430 e. The highest BCUT2D eigenvalue weighted by Gasteiger charge is 2.71. The minimum absolute atomic E-state index is 0.150. The van der Waals surface area contributed by atoms with Crippen molar-refractivity contribution in [3.8, 4) is 0 Å². The van der Waals surface area contributed by atoms with E-state index in [9.17, 15) is 26.3 Å². The first-order chi connectivity index (χ1) is 8.45. The summed E-state index contributed by atoms with van der Waals surface area (Å²) in [6, 6.07) is 1.83. The lowest BCUT2D eigenvalue weighted by Crippen LogP contribution is -2.53. The molecule has 1 aromatic carbocycles. The number of hydrogen-bond donors (Lipinski definition) is 3. The summed E-state index contributed by atoms with van der Waals surface area (Å²) in [4.78, 5) is 0. The average Bonchev–Trinajstić information content (AvgIpc) is 2.24. The Balaban J connectivity index is 3.48. The predicted octanol–water partition coefficient (Wildman–Crippen LogP) is 2.04. The molecule has 0 heterocycles. The van der Waals surface area contributed by atoms with Gasteiger partial charge in [-0.05, 0) is 11.6 Å². The molecule has 108 valence electrons. The van der Waals surface area contributed by atoms with E-state index in [1.807, 2.05) is 0 Å². The third-order valence-electron chi connectivity index (χ3n) is 2.60. The molecule has 1 aromatic rings. The lowest BCUT2D eigenvalue weighted by Gasteiger charge is -2.32. The second-order valence-electron chi connectivity index (χ2n) is 3.82. The van der Waals surface area contributed by atoms with Crippen LogP contribution in [0.1, 0.15) is 11.1 Å². The Kier molecular flexibility index (Phi) is 3.74. The highest BCUT2D eigenvalue weighted by molar-refractivity contribution is 5.51. The summed E-state index contributed by atoms with van der Waals surface area (Å²) in [6.45, 7) is -0.150. The molecule has 0 bridgehead atoms. The second-order valence-corrected chi connectivity index (χ2v) is 3.82. The maximum absolute atomic E-state index is 12.6. The van der Waals surface area contributed by atoms with E-state index in [4.69, 9.17) is 16.6 Å². The van der Waals surface area contributed by atoms with Crippen molar-refractivity contribution < 1.29 is 31.4 Å². The van der Waals surface area contributed by atoms with Crippen molar-refractivity contribution in [3.63, 3.8) is 0 Å². The molecule has 0 unspecified atom stereocenters. The number of rotatable bonds is 2. The molecule has 1 rings (SSSR count). The van der Waals surface area contributed by atoms with Gasteiger partial charge in [0.2, 0.25) is 0 Å². The summed E-state index contributed by atoms with van der Waals surface area (Å²) < 4.78 is 75.4. The molecule has 0 aliphatic heterocycles. The molecule has 0 atom stereocenters. The highest BCUT2D eigenvalue weighted by atomic mass is 19.4. The molecule has 0 aliphatic carbocycles. The van der Waals surface area contributed by atoms with Gasteiger partial charge in [0, 0.05) is 17.8 Å². The third kappa shape index (κ3) is 2.47. The average molecular weight is 288 g/mol. The lowest BCUT2D eigenvalue weighted by atomic mass is 9.91. The molecule has 0 aromatic heterocycles. The van der Waals surface area contributed by atoms with Crippen molar-refractivity contribution in [2.24, 2.45) is 5.73 Å². The third-order valence-corrected chi connectivity index (χ3v) is 2.60. The molecule has 19 heavy (non-hydrogen) atoms. The van der Waals surface area contributed by atoms with Gasteiger partial charge >= 0.3 is 12.4 Å². The molecule has 0 saturated heterocycles. The largest absolute Gasteiger partial charge is 0.430 e. The van der Waals surface area contributed by atoms with Gasteiger partial charge in [0.25, 0.3) is 5.60 Å². The van der Waals surface area contributed by atoms with Gasteiger partial charge in [-0.15, -0.1) is 0 Å². The molecule has 0 spiro atoms. The minimum Gasteiger partial charge on any atom is -0.398 e. The minimum atomic E-state index is -5.93. The van der Waals surface area contributed by atoms with Gasteiger partial charge in [0.05, 0.1) is 0 Å². The summed E-state index contributed by atoms with van der Waals surface area (Å²) in [5.41, 5.74) is 3.93. The highest BCUT2D eigenvalue weighted by Crippen LogP contribution is 2.50. The molecule has 0 aliphatic rings. The van der Waals surface area contributed by atoms with Gasteiger partial charge in [-0.3, -0.25) is 0 Å². The Bertz CT molecular complexity index is 454. The number of nitrogens with two attached hydrogens (primary N) is 2. The van der Waals surface area contributed by atoms with Crippen molar-refractivity contribution in [1.29, 1.82) is 0 Å². The molecular formula is C10H10F6N2O. The number of hydrogen-bond acceptors (Lipinski definition) is 3. The number of benzene rings is 1.